The maximum Gasteiger partial charge on any atom is 0.318 e. The molecule has 4 rings (SSSR count). The second-order valence-corrected chi connectivity index (χ2v) is 9.09. The summed E-state index contributed by atoms with van der Waals surface area (Å²) in [6.07, 6.45) is 1.46. The number of rotatable bonds is 8. The first-order valence-electron chi connectivity index (χ1n) is 10.6. The van der Waals surface area contributed by atoms with E-state index < -0.39 is 44.8 Å². The Morgan fingerprint density at radius 1 is 1.00 bits per heavy atom. The number of anilines is 1. The molecule has 12 nitrogen and oxygen atoms in total. The molecule has 0 atom stereocenters. The van der Waals surface area contributed by atoms with Crippen molar-refractivity contribution in [3.63, 3.8) is 0 Å². The highest BCUT2D eigenvalue weighted by Gasteiger charge is 2.36. The number of hydrogen-bond donors (Lipinski definition) is 1. The molecular formula is C24H15ClN4O8S. The Labute approximate surface area is 223 Å². The van der Waals surface area contributed by atoms with E-state index >= 15 is 0 Å². The molecule has 0 unspecified atom stereocenters. The molecule has 3 aromatic carbocycles. The van der Waals surface area contributed by atoms with Gasteiger partial charge in [-0.05, 0) is 65.9 Å². The zero-order chi connectivity index (χ0) is 27.4. The minimum Gasteiger partial charge on any atom is -0.450 e. The highest BCUT2D eigenvalue weighted by atomic mass is 35.5. The molecule has 1 N–H and O–H groups in total. The molecule has 1 saturated heterocycles. The first-order valence-corrected chi connectivity index (χ1v) is 11.8. The SMILES string of the molecule is O=C(CN1C(=O)S/C(=C/c2ccc(Oc3ccc([N+](=O)[O-])cc3[N+](=O)[O-])cc2)C1=O)Nc1ccc(Cl)cc1. The second kappa shape index (κ2) is 11.1. The van der Waals surface area contributed by atoms with Gasteiger partial charge < -0.3 is 10.1 Å². The number of amides is 3. The van der Waals surface area contributed by atoms with Crippen LogP contribution in [0.5, 0.6) is 11.5 Å². The van der Waals surface area contributed by atoms with Gasteiger partial charge in [0.2, 0.25) is 11.7 Å². The molecule has 0 spiro atoms. The number of thioether (sulfide) groups is 1. The minimum atomic E-state index is -0.789. The van der Waals surface area contributed by atoms with Crippen LogP contribution in [0.1, 0.15) is 5.56 Å². The molecular weight excluding hydrogens is 540 g/mol. The number of carbonyl (C=O) groups is 3. The minimum absolute atomic E-state index is 0.106. The molecule has 38 heavy (non-hydrogen) atoms. The lowest BCUT2D eigenvalue weighted by Crippen LogP contribution is -2.36. The molecule has 0 aliphatic carbocycles. The predicted molar refractivity (Wildman–Crippen MR) is 139 cm³/mol. The highest BCUT2D eigenvalue weighted by Crippen LogP contribution is 2.35. The summed E-state index contributed by atoms with van der Waals surface area (Å²) >= 11 is 6.49. The van der Waals surface area contributed by atoms with Crippen LogP contribution in [0.25, 0.3) is 6.08 Å². The van der Waals surface area contributed by atoms with E-state index in [4.69, 9.17) is 16.3 Å². The average molecular weight is 555 g/mol. The summed E-state index contributed by atoms with van der Waals surface area (Å²) in [4.78, 5) is 58.9. The number of non-ortho nitro benzene ring substituents is 1. The van der Waals surface area contributed by atoms with E-state index in [1.807, 2.05) is 0 Å². The van der Waals surface area contributed by atoms with Gasteiger partial charge in [-0.15, -0.1) is 0 Å². The molecule has 14 heteroatoms. The predicted octanol–water partition coefficient (Wildman–Crippen LogP) is 5.62. The van der Waals surface area contributed by atoms with Gasteiger partial charge in [0.25, 0.3) is 16.8 Å². The number of carbonyl (C=O) groups excluding carboxylic acids is 3. The van der Waals surface area contributed by atoms with Crippen molar-refractivity contribution in [2.24, 2.45) is 0 Å². The molecule has 0 aromatic heterocycles. The Morgan fingerprint density at radius 2 is 1.68 bits per heavy atom. The van der Waals surface area contributed by atoms with Gasteiger partial charge in [0.15, 0.2) is 0 Å². The van der Waals surface area contributed by atoms with E-state index in [0.29, 0.717) is 28.0 Å². The Balaban J connectivity index is 1.43. The number of imide groups is 1. The van der Waals surface area contributed by atoms with E-state index in [2.05, 4.69) is 5.32 Å². The van der Waals surface area contributed by atoms with Crippen LogP contribution in [0.15, 0.2) is 71.6 Å². The molecule has 3 aromatic rings. The van der Waals surface area contributed by atoms with Crippen molar-refractivity contribution in [2.45, 2.75) is 0 Å². The van der Waals surface area contributed by atoms with Crippen LogP contribution >= 0.6 is 23.4 Å². The molecule has 0 saturated carbocycles. The zero-order valence-electron chi connectivity index (χ0n) is 19.0. The quantitative estimate of drug-likeness (QED) is 0.211. The number of nitrogens with zero attached hydrogens (tertiary/aromatic N) is 3. The van der Waals surface area contributed by atoms with Gasteiger partial charge in [-0.1, -0.05) is 23.7 Å². The molecule has 1 aliphatic rings. The van der Waals surface area contributed by atoms with Gasteiger partial charge in [0.05, 0.1) is 20.8 Å². The Hall–Kier alpha value is -4.75. The summed E-state index contributed by atoms with van der Waals surface area (Å²) in [5, 5.41) is 24.7. The van der Waals surface area contributed by atoms with E-state index in [1.165, 1.54) is 18.2 Å². The summed E-state index contributed by atoms with van der Waals surface area (Å²) in [7, 11) is 0. The van der Waals surface area contributed by atoms with Gasteiger partial charge in [-0.25, -0.2) is 0 Å². The fourth-order valence-corrected chi connectivity index (χ4v) is 4.24. The van der Waals surface area contributed by atoms with Crippen molar-refractivity contribution < 1.29 is 29.0 Å². The molecule has 192 valence electrons. The van der Waals surface area contributed by atoms with E-state index in [1.54, 1.807) is 36.4 Å². The van der Waals surface area contributed by atoms with Crippen LogP contribution in [-0.2, 0) is 9.59 Å². The molecule has 1 aliphatic heterocycles. The summed E-state index contributed by atoms with van der Waals surface area (Å²) < 4.78 is 5.51. The van der Waals surface area contributed by atoms with E-state index in [0.717, 1.165) is 23.1 Å². The van der Waals surface area contributed by atoms with Crippen molar-refractivity contribution in [3.8, 4) is 11.5 Å². The fourth-order valence-electron chi connectivity index (χ4n) is 3.27. The molecule has 3 amide bonds. The van der Waals surface area contributed by atoms with Gasteiger partial charge in [0.1, 0.15) is 12.3 Å². The number of nitro groups is 2. The smallest absolute Gasteiger partial charge is 0.318 e. The van der Waals surface area contributed by atoms with Crippen molar-refractivity contribution >= 4 is 63.6 Å². The number of halogens is 1. The van der Waals surface area contributed by atoms with Gasteiger partial charge in [0, 0.05) is 16.8 Å². The van der Waals surface area contributed by atoms with E-state index in [9.17, 15) is 34.6 Å². The molecule has 0 radical (unpaired) electrons. The first kappa shape index (κ1) is 26.3. The summed E-state index contributed by atoms with van der Waals surface area (Å²) in [6, 6.07) is 15.4. The third-order valence-corrected chi connectivity index (χ3v) is 6.22. The second-order valence-electron chi connectivity index (χ2n) is 7.66. The van der Waals surface area contributed by atoms with Gasteiger partial charge >= 0.3 is 5.69 Å². The lowest BCUT2D eigenvalue weighted by molar-refractivity contribution is -0.394. The number of benzene rings is 3. The van der Waals surface area contributed by atoms with Crippen LogP contribution in [0.4, 0.5) is 21.9 Å². The largest absolute Gasteiger partial charge is 0.450 e. The topological polar surface area (TPSA) is 162 Å². The molecule has 1 heterocycles. The van der Waals surface area contributed by atoms with Crippen molar-refractivity contribution in [1.29, 1.82) is 0 Å². The van der Waals surface area contributed by atoms with Crippen LogP contribution in [0.3, 0.4) is 0 Å². The third-order valence-electron chi connectivity index (χ3n) is 5.06. The van der Waals surface area contributed by atoms with E-state index in [-0.39, 0.29) is 16.4 Å². The standard InChI is InChI=1S/C24H15ClN4O8S/c25-15-3-5-16(6-4-15)26-22(30)13-27-23(31)21(38-24(27)32)11-14-1-8-18(9-2-14)37-20-10-7-17(28(33)34)12-19(20)29(35)36/h1-12H,13H2,(H,26,30)/b21-11+. The summed E-state index contributed by atoms with van der Waals surface area (Å²) in [5.74, 6) is -1.18. The summed E-state index contributed by atoms with van der Waals surface area (Å²) in [5.41, 5.74) is -0.0391. The number of nitro benzene ring substituents is 2. The van der Waals surface area contributed by atoms with Crippen molar-refractivity contribution in [3.05, 3.63) is 102 Å². The summed E-state index contributed by atoms with van der Waals surface area (Å²) in [6.45, 7) is -0.467. The Bertz CT molecular complexity index is 1490. The molecule has 1 fully saturated rings. The third kappa shape index (κ3) is 6.14. The maximum atomic E-state index is 12.7. The Kier molecular flexibility index (Phi) is 7.69. The van der Waals surface area contributed by atoms with Crippen LogP contribution < -0.4 is 10.1 Å². The first-order chi connectivity index (χ1) is 18.1. The monoisotopic (exact) mass is 554 g/mol. The number of nitrogens with one attached hydrogen (secondary N) is 1. The maximum absolute atomic E-state index is 12.7. The van der Waals surface area contributed by atoms with Gasteiger partial charge in [-0.2, -0.15) is 0 Å². The van der Waals surface area contributed by atoms with Gasteiger partial charge in [-0.3, -0.25) is 39.5 Å². The highest BCUT2D eigenvalue weighted by molar-refractivity contribution is 8.18. The van der Waals surface area contributed by atoms with Crippen LogP contribution in [0.2, 0.25) is 5.02 Å². The normalized spacial score (nSPS) is 14.0. The van der Waals surface area contributed by atoms with Crippen molar-refractivity contribution in [1.82, 2.24) is 4.90 Å². The zero-order valence-corrected chi connectivity index (χ0v) is 20.6. The van der Waals surface area contributed by atoms with Crippen LogP contribution in [0, 0.1) is 20.2 Å². The number of ether oxygens (including phenoxy) is 1. The fraction of sp³-hybridized carbons (Fsp3) is 0.0417. The molecule has 0 bridgehead atoms. The lowest BCUT2D eigenvalue weighted by atomic mass is 10.2. The average Bonchev–Trinajstić information content (AvgIpc) is 3.13. The van der Waals surface area contributed by atoms with Crippen LogP contribution in [-0.4, -0.2) is 38.3 Å². The van der Waals surface area contributed by atoms with Crippen molar-refractivity contribution in [2.75, 3.05) is 11.9 Å². The Morgan fingerprint density at radius 3 is 2.32 bits per heavy atom. The lowest BCUT2D eigenvalue weighted by Gasteiger charge is -2.12. The number of hydrogen-bond acceptors (Lipinski definition) is 9.